The number of halogens is 1. The van der Waals surface area contributed by atoms with Crippen LogP contribution in [0, 0.1) is 12.7 Å². The number of likely N-dealkylation sites (tertiary alicyclic amines) is 1. The second-order valence-corrected chi connectivity index (χ2v) is 12.1. The fourth-order valence-electron chi connectivity index (χ4n) is 4.96. The summed E-state index contributed by atoms with van der Waals surface area (Å²) in [6.45, 7) is 2.91. The van der Waals surface area contributed by atoms with Gasteiger partial charge in [0.2, 0.25) is 15.9 Å². The Balaban J connectivity index is 1.54. The van der Waals surface area contributed by atoms with E-state index in [9.17, 15) is 22.4 Å². The Kier molecular flexibility index (Phi) is 10.3. The molecule has 0 aliphatic carbocycles. The molecule has 8 nitrogen and oxygen atoms in total. The van der Waals surface area contributed by atoms with Gasteiger partial charge in [-0.15, -0.1) is 0 Å². The predicted octanol–water partition coefficient (Wildman–Crippen LogP) is 4.10. The summed E-state index contributed by atoms with van der Waals surface area (Å²) in [5.41, 5.74) is 2.31. The van der Waals surface area contributed by atoms with E-state index in [0.29, 0.717) is 32.5 Å². The zero-order chi connectivity index (χ0) is 29.4. The van der Waals surface area contributed by atoms with Crippen molar-refractivity contribution < 1.29 is 27.1 Å². The normalized spacial score (nSPS) is 14.3. The Bertz CT molecular complexity index is 1430. The number of benzene rings is 3. The van der Waals surface area contributed by atoms with Crippen molar-refractivity contribution in [1.82, 2.24) is 14.1 Å². The molecule has 0 bridgehead atoms. The van der Waals surface area contributed by atoms with Crippen LogP contribution in [0.25, 0.3) is 0 Å². The van der Waals surface area contributed by atoms with E-state index >= 15 is 0 Å². The van der Waals surface area contributed by atoms with Crippen LogP contribution >= 0.6 is 0 Å². The quantitative estimate of drug-likeness (QED) is 0.340. The number of amides is 2. The van der Waals surface area contributed by atoms with Gasteiger partial charge in [0.15, 0.2) is 0 Å². The van der Waals surface area contributed by atoms with Crippen molar-refractivity contribution in [2.75, 3.05) is 39.9 Å². The highest BCUT2D eigenvalue weighted by Crippen LogP contribution is 2.23. The Hall–Kier alpha value is -3.60. The maximum atomic E-state index is 13.9. The third kappa shape index (κ3) is 7.78. The first-order valence-corrected chi connectivity index (χ1v) is 15.1. The van der Waals surface area contributed by atoms with Gasteiger partial charge in [-0.25, -0.2) is 12.8 Å². The fraction of sp³-hybridized carbons (Fsp3) is 0.355. The van der Waals surface area contributed by atoms with Gasteiger partial charge in [-0.2, -0.15) is 4.31 Å². The van der Waals surface area contributed by atoms with E-state index in [1.54, 1.807) is 34.1 Å². The first kappa shape index (κ1) is 30.4. The molecule has 3 aromatic rings. The number of hydrogen-bond acceptors (Lipinski definition) is 5. The molecule has 0 aromatic heterocycles. The number of piperidine rings is 1. The van der Waals surface area contributed by atoms with Crippen molar-refractivity contribution in [2.45, 2.75) is 37.2 Å². The van der Waals surface area contributed by atoms with Gasteiger partial charge in [-0.1, -0.05) is 54.1 Å². The van der Waals surface area contributed by atoms with Crippen molar-refractivity contribution in [2.24, 2.45) is 0 Å². The van der Waals surface area contributed by atoms with Crippen LogP contribution in [0.5, 0.6) is 0 Å². The summed E-state index contributed by atoms with van der Waals surface area (Å²) < 4.78 is 47.0. The van der Waals surface area contributed by atoms with Crippen LogP contribution in [0.2, 0.25) is 0 Å². The third-order valence-corrected chi connectivity index (χ3v) is 9.15. The Morgan fingerprint density at radius 2 is 1.66 bits per heavy atom. The molecular weight excluding hydrogens is 545 g/mol. The van der Waals surface area contributed by atoms with Gasteiger partial charge in [0.25, 0.3) is 5.91 Å². The lowest BCUT2D eigenvalue weighted by atomic mass is 10.0. The fourth-order valence-corrected chi connectivity index (χ4v) is 6.35. The second-order valence-electron chi connectivity index (χ2n) is 10.2. The molecule has 0 saturated carbocycles. The predicted molar refractivity (Wildman–Crippen MR) is 154 cm³/mol. The van der Waals surface area contributed by atoms with Crippen LogP contribution < -0.4 is 0 Å². The van der Waals surface area contributed by atoms with Gasteiger partial charge in [0.05, 0.1) is 18.0 Å². The minimum Gasteiger partial charge on any atom is -0.383 e. The van der Waals surface area contributed by atoms with Crippen molar-refractivity contribution in [1.29, 1.82) is 0 Å². The number of hydrogen-bond donors (Lipinski definition) is 0. The second kappa shape index (κ2) is 13.8. The average molecular weight is 582 g/mol. The van der Waals surface area contributed by atoms with Crippen molar-refractivity contribution in [3.05, 3.63) is 101 Å². The number of ether oxygens (including phenoxy) is 1. The van der Waals surface area contributed by atoms with Gasteiger partial charge < -0.3 is 14.5 Å². The zero-order valence-electron chi connectivity index (χ0n) is 23.4. The number of carbonyl (C=O) groups is 2. The Labute approximate surface area is 241 Å². The van der Waals surface area contributed by atoms with E-state index in [4.69, 9.17) is 4.74 Å². The van der Waals surface area contributed by atoms with Gasteiger partial charge in [0, 0.05) is 44.9 Å². The van der Waals surface area contributed by atoms with E-state index in [1.807, 2.05) is 31.2 Å². The summed E-state index contributed by atoms with van der Waals surface area (Å²) >= 11 is 0. The summed E-state index contributed by atoms with van der Waals surface area (Å²) in [6.07, 6.45) is 1.03. The summed E-state index contributed by atoms with van der Waals surface area (Å²) in [7, 11) is -2.46. The van der Waals surface area contributed by atoms with Gasteiger partial charge >= 0.3 is 0 Å². The molecule has 1 saturated heterocycles. The number of carbonyl (C=O) groups excluding carboxylic acids is 2. The van der Waals surface area contributed by atoms with E-state index < -0.39 is 15.8 Å². The Morgan fingerprint density at radius 1 is 0.976 bits per heavy atom. The van der Waals surface area contributed by atoms with Crippen molar-refractivity contribution in [3.63, 3.8) is 0 Å². The van der Waals surface area contributed by atoms with Crippen LogP contribution in [-0.2, 0) is 26.1 Å². The highest BCUT2D eigenvalue weighted by Gasteiger charge is 2.33. The molecule has 41 heavy (non-hydrogen) atoms. The summed E-state index contributed by atoms with van der Waals surface area (Å²) in [5, 5.41) is 0. The third-order valence-electron chi connectivity index (χ3n) is 7.30. The van der Waals surface area contributed by atoms with Gasteiger partial charge in [0.1, 0.15) is 5.82 Å². The largest absolute Gasteiger partial charge is 0.383 e. The topological polar surface area (TPSA) is 87.2 Å². The minimum atomic E-state index is -3.94. The van der Waals surface area contributed by atoms with Crippen LogP contribution in [0.15, 0.2) is 83.8 Å². The SMILES string of the molecule is COCCN(CC(=O)N(Cc1ccc(C)cc1)C1CCN(C(=O)c2cccc(F)c2)CC1)S(=O)(=O)c1ccccc1. The minimum absolute atomic E-state index is 0.0262. The lowest BCUT2D eigenvalue weighted by Crippen LogP contribution is -2.51. The number of nitrogens with zero attached hydrogens (tertiary/aromatic N) is 3. The van der Waals surface area contributed by atoms with Crippen LogP contribution in [0.3, 0.4) is 0 Å². The summed E-state index contributed by atoms with van der Waals surface area (Å²) in [6, 6.07) is 21.3. The molecule has 3 aromatic carbocycles. The number of sulfonamides is 1. The molecule has 10 heteroatoms. The first-order chi connectivity index (χ1) is 19.7. The molecule has 1 aliphatic heterocycles. The molecular formula is C31H36FN3O5S. The molecule has 1 aliphatic rings. The van der Waals surface area contributed by atoms with E-state index in [1.165, 1.54) is 41.7 Å². The lowest BCUT2D eigenvalue weighted by Gasteiger charge is -2.39. The summed E-state index contributed by atoms with van der Waals surface area (Å²) in [4.78, 5) is 30.4. The number of rotatable bonds is 11. The van der Waals surface area contributed by atoms with E-state index in [-0.39, 0.29) is 48.0 Å². The molecule has 218 valence electrons. The summed E-state index contributed by atoms with van der Waals surface area (Å²) in [5.74, 6) is -1.04. The molecule has 4 rings (SSSR count). The lowest BCUT2D eigenvalue weighted by molar-refractivity contribution is -0.135. The molecule has 0 atom stereocenters. The highest BCUT2D eigenvalue weighted by molar-refractivity contribution is 7.89. The molecule has 0 N–H and O–H groups in total. The van der Waals surface area contributed by atoms with Crippen LogP contribution in [-0.4, -0.2) is 80.3 Å². The maximum absolute atomic E-state index is 13.9. The van der Waals surface area contributed by atoms with Gasteiger partial charge in [-0.3, -0.25) is 9.59 Å². The molecule has 0 radical (unpaired) electrons. The smallest absolute Gasteiger partial charge is 0.253 e. The van der Waals surface area contributed by atoms with Crippen molar-refractivity contribution >= 4 is 21.8 Å². The standard InChI is InChI=1S/C31H36FN3O5S/c1-24-11-13-25(14-12-24)22-35(28-15-17-33(18-16-28)31(37)26-7-6-8-27(32)21-26)30(36)23-34(19-20-40-2)41(38,39)29-9-4-3-5-10-29/h3-14,21,28H,15-20,22-23H2,1-2H3. The number of methoxy groups -OCH3 is 1. The van der Waals surface area contributed by atoms with Crippen LogP contribution in [0.4, 0.5) is 4.39 Å². The number of aryl methyl sites for hydroxylation is 1. The first-order valence-electron chi connectivity index (χ1n) is 13.6. The maximum Gasteiger partial charge on any atom is 0.253 e. The molecule has 2 amide bonds. The van der Waals surface area contributed by atoms with Gasteiger partial charge in [-0.05, 0) is 55.7 Å². The molecule has 0 unspecified atom stereocenters. The molecule has 0 spiro atoms. The van der Waals surface area contributed by atoms with E-state index in [2.05, 4.69) is 0 Å². The Morgan fingerprint density at radius 3 is 2.29 bits per heavy atom. The van der Waals surface area contributed by atoms with E-state index in [0.717, 1.165) is 11.1 Å². The molecule has 1 fully saturated rings. The van der Waals surface area contributed by atoms with Crippen LogP contribution in [0.1, 0.15) is 34.3 Å². The monoisotopic (exact) mass is 581 g/mol. The molecule has 1 heterocycles. The zero-order valence-corrected chi connectivity index (χ0v) is 24.2. The van der Waals surface area contributed by atoms with Crippen molar-refractivity contribution in [3.8, 4) is 0 Å². The average Bonchev–Trinajstić information content (AvgIpc) is 2.99. The highest BCUT2D eigenvalue weighted by atomic mass is 32.2.